The number of aromatic nitrogens is 1. The zero-order chi connectivity index (χ0) is 38.0. The molecule has 3 saturated heterocycles. The molecule has 1 aliphatic carbocycles. The molecule has 1 aromatic carbocycles. The van der Waals surface area contributed by atoms with Crippen molar-refractivity contribution >= 4 is 71.6 Å². The second-order valence-corrected chi connectivity index (χ2v) is 16.1. The number of piperazine rings is 1. The Morgan fingerprint density at radius 2 is 1.76 bits per heavy atom. The van der Waals surface area contributed by atoms with Crippen LogP contribution in [0.1, 0.15) is 83.4 Å². The smallest absolute Gasteiger partial charge is 0.249 e. The summed E-state index contributed by atoms with van der Waals surface area (Å²) in [6.07, 6.45) is 6.03. The summed E-state index contributed by atoms with van der Waals surface area (Å²) in [6.45, 7) is 11.6. The Kier molecular flexibility index (Phi) is 13.7. The Morgan fingerprint density at radius 3 is 2.37 bits per heavy atom. The van der Waals surface area contributed by atoms with Gasteiger partial charge in [0.2, 0.25) is 23.6 Å². The molecule has 13 nitrogen and oxygen atoms in total. The maximum Gasteiger partial charge on any atom is 0.249 e. The number of pyridine rings is 1. The second-order valence-electron chi connectivity index (χ2n) is 15.2. The number of hydrogen-bond donors (Lipinski definition) is 3. The van der Waals surface area contributed by atoms with Crippen LogP contribution in [0.4, 0.5) is 11.4 Å². The minimum Gasteiger partial charge on any atom is -0.377 e. The van der Waals surface area contributed by atoms with Crippen molar-refractivity contribution in [3.8, 4) is 6.07 Å². The van der Waals surface area contributed by atoms with Gasteiger partial charge in [0.05, 0.1) is 47.6 Å². The van der Waals surface area contributed by atoms with Crippen LogP contribution in [-0.4, -0.2) is 111 Å². The van der Waals surface area contributed by atoms with Gasteiger partial charge in [-0.3, -0.25) is 44.1 Å². The number of imide groups is 1. The third kappa shape index (κ3) is 9.05. The van der Waals surface area contributed by atoms with Crippen molar-refractivity contribution in [2.24, 2.45) is 0 Å². The standard InChI is InChI=1S/C38H49ClN8O5S.ClH/c1-23-20-44(21-24(2)45(23)22-34(49)42-26-7-5-25(6-8-26)30-13-14-33(48)43-35(30)50)15-16-52-29-11-9-27(10-12-29)47-37(53)46(36(51)38(47,3)4)28-17-31(39)32(18-40)41-19-28;/h5-8,17,19,23-24,27,29-30,37,53H,9-16,20-22H2,1-4H3,(H,42,49)(H,43,48,50);1H/t23-,24+,27?,29?,30?,37?;. The molecule has 0 bridgehead atoms. The number of nitrogens with one attached hydrogen (secondary N) is 2. The van der Waals surface area contributed by atoms with Crippen molar-refractivity contribution in [2.75, 3.05) is 43.0 Å². The van der Waals surface area contributed by atoms with E-state index < -0.39 is 11.0 Å². The van der Waals surface area contributed by atoms with Crippen molar-refractivity contribution in [1.82, 2.24) is 25.0 Å². The monoisotopic (exact) mass is 800 g/mol. The van der Waals surface area contributed by atoms with Crippen molar-refractivity contribution < 1.29 is 23.9 Å². The third-order valence-electron chi connectivity index (χ3n) is 11.2. The van der Waals surface area contributed by atoms with Gasteiger partial charge in [0.25, 0.3) is 0 Å². The highest BCUT2D eigenvalue weighted by molar-refractivity contribution is 7.81. The molecule has 6 rings (SSSR count). The Balaban J connectivity index is 0.00000561. The van der Waals surface area contributed by atoms with Crippen molar-refractivity contribution in [3.05, 3.63) is 52.8 Å². The van der Waals surface area contributed by atoms with Gasteiger partial charge >= 0.3 is 0 Å². The molecule has 16 heteroatoms. The fourth-order valence-electron chi connectivity index (χ4n) is 8.44. The van der Waals surface area contributed by atoms with Crippen molar-refractivity contribution in [1.29, 1.82) is 5.26 Å². The molecule has 4 fully saturated rings. The SMILES string of the molecule is C[C@@H]1CN(CCOC2CCC(N3C(S)N(c4cnc(C#N)c(Cl)c4)C(=O)C3(C)C)CC2)C[C@H](C)N1CC(=O)Nc1ccc(C2CCC(=O)NC2=O)cc1.Cl. The van der Waals surface area contributed by atoms with E-state index in [2.05, 4.69) is 44.2 Å². The lowest BCUT2D eigenvalue weighted by Gasteiger charge is -2.44. The minimum atomic E-state index is -0.771. The van der Waals surface area contributed by atoms with Crippen LogP contribution in [0.15, 0.2) is 36.5 Å². The van der Waals surface area contributed by atoms with Gasteiger partial charge < -0.3 is 10.1 Å². The Morgan fingerprint density at radius 1 is 1.09 bits per heavy atom. The zero-order valence-corrected chi connectivity index (χ0v) is 33.6. The molecule has 2 unspecified atom stereocenters. The maximum absolute atomic E-state index is 13.6. The van der Waals surface area contributed by atoms with Crippen molar-refractivity contribution in [3.63, 3.8) is 0 Å². The minimum absolute atomic E-state index is 0. The predicted octanol–water partition coefficient (Wildman–Crippen LogP) is 4.55. The number of nitriles is 1. The number of benzene rings is 1. The van der Waals surface area contributed by atoms with Crippen LogP contribution in [0.3, 0.4) is 0 Å². The van der Waals surface area contributed by atoms with Crippen LogP contribution >= 0.6 is 36.6 Å². The maximum atomic E-state index is 13.6. The number of hydrogen-bond acceptors (Lipinski definition) is 11. The molecule has 2 aromatic rings. The van der Waals surface area contributed by atoms with Crippen LogP contribution in [0.5, 0.6) is 0 Å². The van der Waals surface area contributed by atoms with Gasteiger partial charge in [-0.05, 0) is 83.6 Å². The average Bonchev–Trinajstić information content (AvgIpc) is 3.29. The number of carbonyl (C=O) groups excluding carboxylic acids is 4. The first-order chi connectivity index (χ1) is 25.3. The first-order valence-electron chi connectivity index (χ1n) is 18.5. The van der Waals surface area contributed by atoms with E-state index in [1.165, 1.54) is 6.20 Å². The number of anilines is 2. The number of carbonyl (C=O) groups is 4. The van der Waals surface area contributed by atoms with E-state index in [0.717, 1.165) is 50.9 Å². The number of ether oxygens (including phenoxy) is 1. The highest BCUT2D eigenvalue weighted by atomic mass is 35.5. The summed E-state index contributed by atoms with van der Waals surface area (Å²) >= 11 is 11.1. The summed E-state index contributed by atoms with van der Waals surface area (Å²) in [5.74, 6) is -1.03. The molecule has 2 N–H and O–H groups in total. The molecule has 1 saturated carbocycles. The van der Waals surface area contributed by atoms with Gasteiger partial charge in [-0.25, -0.2) is 4.98 Å². The number of rotatable bonds is 10. The lowest BCUT2D eigenvalue weighted by atomic mass is 9.89. The molecule has 4 heterocycles. The third-order valence-corrected chi connectivity index (χ3v) is 12.0. The van der Waals surface area contributed by atoms with Crippen LogP contribution in [0, 0.1) is 11.3 Å². The lowest BCUT2D eigenvalue weighted by Crippen LogP contribution is -2.58. The van der Waals surface area contributed by atoms with E-state index >= 15 is 0 Å². The fourth-order valence-corrected chi connectivity index (χ4v) is 9.35. The van der Waals surface area contributed by atoms with Gasteiger partial charge in [0, 0.05) is 49.9 Å². The molecular formula is C38H50Cl2N8O5S. The van der Waals surface area contributed by atoms with E-state index in [0.29, 0.717) is 30.8 Å². The average molecular weight is 802 g/mol. The van der Waals surface area contributed by atoms with Gasteiger partial charge in [-0.1, -0.05) is 23.7 Å². The first kappa shape index (κ1) is 41.9. The highest BCUT2D eigenvalue weighted by Gasteiger charge is 2.54. The fraction of sp³-hybridized carbons (Fsp3) is 0.579. The quantitative estimate of drug-likeness (QED) is 0.231. The number of piperidine rings is 1. The summed E-state index contributed by atoms with van der Waals surface area (Å²) < 4.78 is 6.39. The van der Waals surface area contributed by atoms with Crippen LogP contribution in [-0.2, 0) is 23.9 Å². The summed E-state index contributed by atoms with van der Waals surface area (Å²) in [4.78, 5) is 62.9. The van der Waals surface area contributed by atoms with E-state index in [9.17, 15) is 24.4 Å². The molecule has 4 aliphatic rings. The van der Waals surface area contributed by atoms with Gasteiger partial charge in [0.15, 0.2) is 5.69 Å². The van der Waals surface area contributed by atoms with E-state index in [1.54, 1.807) is 23.1 Å². The summed E-state index contributed by atoms with van der Waals surface area (Å²) in [5, 5.41) is 14.8. The molecule has 0 radical (unpaired) electrons. The first-order valence-corrected chi connectivity index (χ1v) is 19.3. The molecule has 1 aromatic heterocycles. The number of halogens is 2. The van der Waals surface area contributed by atoms with Crippen LogP contribution < -0.4 is 15.5 Å². The number of amides is 4. The molecule has 4 amide bonds. The molecule has 54 heavy (non-hydrogen) atoms. The summed E-state index contributed by atoms with van der Waals surface area (Å²) in [7, 11) is 0. The second kappa shape index (κ2) is 17.7. The molecule has 292 valence electrons. The largest absolute Gasteiger partial charge is 0.377 e. The Hall–Kier alpha value is -3.29. The Labute approximate surface area is 333 Å². The predicted molar refractivity (Wildman–Crippen MR) is 212 cm³/mol. The van der Waals surface area contributed by atoms with Gasteiger partial charge in [-0.15, -0.1) is 25.0 Å². The normalized spacial score (nSPS) is 27.9. The van der Waals surface area contributed by atoms with Crippen LogP contribution in [0.2, 0.25) is 5.02 Å². The lowest BCUT2D eigenvalue weighted by molar-refractivity contribution is -0.134. The summed E-state index contributed by atoms with van der Waals surface area (Å²) in [5.41, 5.74) is 0.886. The number of nitrogens with zero attached hydrogens (tertiary/aromatic N) is 6. The van der Waals surface area contributed by atoms with Gasteiger partial charge in [0.1, 0.15) is 11.6 Å². The zero-order valence-electron chi connectivity index (χ0n) is 31.2. The molecule has 0 spiro atoms. The number of thiol groups is 1. The van der Waals surface area contributed by atoms with E-state index in [1.807, 2.05) is 32.0 Å². The highest BCUT2D eigenvalue weighted by Crippen LogP contribution is 2.42. The Bertz CT molecular complexity index is 1740. The van der Waals surface area contributed by atoms with E-state index in [-0.39, 0.29) is 83.4 Å². The van der Waals surface area contributed by atoms with Gasteiger partial charge in [-0.2, -0.15) is 5.26 Å². The van der Waals surface area contributed by atoms with Crippen LogP contribution in [0.25, 0.3) is 0 Å². The topological polar surface area (TPSA) is 151 Å². The molecular weight excluding hydrogens is 751 g/mol. The molecule has 3 aliphatic heterocycles. The molecule has 4 atom stereocenters. The van der Waals surface area contributed by atoms with Crippen molar-refractivity contribution in [2.45, 2.75) is 107 Å². The van der Waals surface area contributed by atoms with E-state index in [4.69, 9.17) is 29.0 Å². The summed E-state index contributed by atoms with van der Waals surface area (Å²) in [6, 6.07) is 11.4.